The molecule has 3 aliphatic rings. The van der Waals surface area contributed by atoms with Crippen molar-refractivity contribution in [3.8, 4) is 0 Å². The fourth-order valence-electron chi connectivity index (χ4n) is 6.49. The number of aliphatic carboxylic acids is 2. The molecule has 1 aromatic rings. The fraction of sp³-hybridized carbons (Fsp3) is 0.562. The van der Waals surface area contributed by atoms with Crippen molar-refractivity contribution in [3.63, 3.8) is 0 Å². The first kappa shape index (κ1) is 35.1. The molecule has 0 bridgehead atoms. The number of cyclic esters (lactones) is 1. The van der Waals surface area contributed by atoms with Gasteiger partial charge in [-0.05, 0) is 73.6 Å². The average Bonchev–Trinajstić information content (AvgIpc) is 3.65. The van der Waals surface area contributed by atoms with Crippen LogP contribution in [0.1, 0.15) is 70.3 Å². The molecule has 14 heteroatoms. The zero-order valence-corrected chi connectivity index (χ0v) is 26.6. The molecule has 0 radical (unpaired) electrons. The van der Waals surface area contributed by atoms with E-state index in [9.17, 15) is 29.1 Å². The number of amides is 2. The molecule has 1 aliphatic heterocycles. The number of carbonyl (C=O) groups is 5. The van der Waals surface area contributed by atoms with E-state index in [2.05, 4.69) is 17.2 Å². The lowest BCUT2D eigenvalue weighted by molar-refractivity contribution is -0.151. The Morgan fingerprint density at radius 2 is 1.80 bits per heavy atom. The number of esters is 1. The lowest BCUT2D eigenvalue weighted by atomic mass is 9.76. The third kappa shape index (κ3) is 8.53. The standard InChI is InChI=1S/C32H42N4O9S/c1-2-32(11-3-4-12-32)26(25-20-6-5-19(16-21(20)31(44)45-25)15-18-9-13-34-14-10-18)46-17-23(27(38)36-28(39)30(42)43)35-24(37)8-7-22(33)29(40)41/h9-10,13-14,16,21-23,26,28,39H,2-8,11-12,15,17,33H2,1H3,(H,35,37)(H,36,38)(H,40,41)(H,42,43). The number of aromatic nitrogens is 1. The first-order chi connectivity index (χ1) is 21.9. The van der Waals surface area contributed by atoms with Gasteiger partial charge in [0.1, 0.15) is 23.8 Å². The highest BCUT2D eigenvalue weighted by Crippen LogP contribution is 2.54. The van der Waals surface area contributed by atoms with Crippen molar-refractivity contribution in [2.45, 2.75) is 94.7 Å². The predicted octanol–water partition coefficient (Wildman–Crippen LogP) is 2.04. The van der Waals surface area contributed by atoms with Crippen LogP contribution in [-0.4, -0.2) is 79.3 Å². The van der Waals surface area contributed by atoms with Gasteiger partial charge in [0, 0.05) is 24.6 Å². The van der Waals surface area contributed by atoms with Gasteiger partial charge in [0.05, 0.1) is 5.25 Å². The van der Waals surface area contributed by atoms with Crippen LogP contribution in [0.15, 0.2) is 47.5 Å². The second-order valence-electron chi connectivity index (χ2n) is 12.1. The number of carboxylic acid groups (broad SMARTS) is 2. The number of nitrogens with zero attached hydrogens (tertiary/aromatic N) is 1. The highest BCUT2D eigenvalue weighted by molar-refractivity contribution is 8.00. The van der Waals surface area contributed by atoms with Gasteiger partial charge in [-0.1, -0.05) is 31.4 Å². The minimum Gasteiger partial charge on any atom is -0.480 e. The first-order valence-electron chi connectivity index (χ1n) is 15.6. The van der Waals surface area contributed by atoms with Crippen LogP contribution in [0.3, 0.4) is 0 Å². The molecule has 5 atom stereocenters. The number of carboxylic acids is 2. The Balaban J connectivity index is 1.59. The predicted molar refractivity (Wildman–Crippen MR) is 168 cm³/mol. The highest BCUT2D eigenvalue weighted by Gasteiger charge is 2.48. The SMILES string of the molecule is CCC1(C(SCC(NC(=O)CCC(N)C(=O)O)C(=O)NC(O)C(=O)O)C2=C3CCC(Cc4ccncc4)=CC3C(=O)O2)CCCC1. The van der Waals surface area contributed by atoms with Gasteiger partial charge in [0.25, 0.3) is 0 Å². The van der Waals surface area contributed by atoms with Gasteiger partial charge < -0.3 is 36.4 Å². The van der Waals surface area contributed by atoms with Crippen LogP contribution in [0.25, 0.3) is 0 Å². The topological polar surface area (TPSA) is 218 Å². The van der Waals surface area contributed by atoms with E-state index >= 15 is 0 Å². The summed E-state index contributed by atoms with van der Waals surface area (Å²) in [6, 6.07) is 1.35. The number of allylic oxidation sites excluding steroid dienone is 1. The van der Waals surface area contributed by atoms with Crippen LogP contribution in [0.4, 0.5) is 0 Å². The molecule has 46 heavy (non-hydrogen) atoms. The average molecular weight is 659 g/mol. The smallest absolute Gasteiger partial charge is 0.353 e. The maximum atomic E-state index is 13.3. The van der Waals surface area contributed by atoms with Crippen molar-refractivity contribution in [1.82, 2.24) is 15.6 Å². The van der Waals surface area contributed by atoms with Gasteiger partial charge in [-0.3, -0.25) is 24.2 Å². The lowest BCUT2D eigenvalue weighted by Crippen LogP contribution is -2.53. The van der Waals surface area contributed by atoms with Crippen molar-refractivity contribution < 1.29 is 44.0 Å². The zero-order chi connectivity index (χ0) is 33.4. The van der Waals surface area contributed by atoms with E-state index in [1.807, 2.05) is 23.5 Å². The molecule has 1 aromatic heterocycles. The molecule has 5 unspecified atom stereocenters. The van der Waals surface area contributed by atoms with Crippen LogP contribution in [-0.2, 0) is 35.1 Å². The number of thioether (sulfide) groups is 1. The van der Waals surface area contributed by atoms with Crippen LogP contribution in [0, 0.1) is 11.3 Å². The number of pyridine rings is 1. The second-order valence-corrected chi connectivity index (χ2v) is 13.3. The van der Waals surface area contributed by atoms with Crippen LogP contribution < -0.4 is 16.4 Å². The molecule has 2 heterocycles. The third-order valence-electron chi connectivity index (χ3n) is 9.15. The van der Waals surface area contributed by atoms with Gasteiger partial charge >= 0.3 is 17.9 Å². The second kappa shape index (κ2) is 15.7. The number of carbonyl (C=O) groups excluding carboxylic acids is 3. The van der Waals surface area contributed by atoms with Crippen LogP contribution in [0.5, 0.6) is 0 Å². The summed E-state index contributed by atoms with van der Waals surface area (Å²) in [6.45, 7) is 2.09. The molecule has 0 aromatic carbocycles. The van der Waals surface area contributed by atoms with Gasteiger partial charge in [-0.2, -0.15) is 0 Å². The van der Waals surface area contributed by atoms with E-state index in [1.165, 1.54) is 11.8 Å². The quantitative estimate of drug-likeness (QED) is 0.0854. The molecule has 2 amide bonds. The summed E-state index contributed by atoms with van der Waals surface area (Å²) in [5, 5.41) is 32.2. The number of ether oxygens (including phenoxy) is 1. The first-order valence-corrected chi connectivity index (χ1v) is 16.6. The molecule has 250 valence electrons. The maximum absolute atomic E-state index is 13.3. The minimum absolute atomic E-state index is 0.0244. The Kier molecular flexibility index (Phi) is 12.0. The summed E-state index contributed by atoms with van der Waals surface area (Å²) in [4.78, 5) is 65.5. The molecule has 1 saturated carbocycles. The van der Waals surface area contributed by atoms with E-state index in [4.69, 9.17) is 20.7 Å². The van der Waals surface area contributed by atoms with E-state index in [0.29, 0.717) is 18.6 Å². The number of hydrogen-bond acceptors (Lipinski definition) is 10. The largest absolute Gasteiger partial charge is 0.480 e. The van der Waals surface area contributed by atoms with Crippen LogP contribution >= 0.6 is 11.8 Å². The van der Waals surface area contributed by atoms with Gasteiger partial charge in [-0.25, -0.2) is 4.79 Å². The number of nitrogens with one attached hydrogen (secondary N) is 2. The summed E-state index contributed by atoms with van der Waals surface area (Å²) in [7, 11) is 0. The van der Waals surface area contributed by atoms with Crippen LogP contribution in [0.2, 0.25) is 0 Å². The van der Waals surface area contributed by atoms with Crippen molar-refractivity contribution in [2.75, 3.05) is 5.75 Å². The van der Waals surface area contributed by atoms with Crippen molar-refractivity contribution >= 4 is 41.5 Å². The number of hydrogen-bond donors (Lipinski definition) is 6. The third-order valence-corrected chi connectivity index (χ3v) is 10.7. The number of aliphatic hydroxyl groups excluding tert-OH is 1. The number of rotatable bonds is 16. The Labute approximate surface area is 271 Å². The maximum Gasteiger partial charge on any atom is 0.353 e. The Bertz CT molecular complexity index is 1380. The molecule has 0 saturated heterocycles. The molecule has 0 spiro atoms. The Morgan fingerprint density at radius 3 is 2.43 bits per heavy atom. The van der Waals surface area contributed by atoms with Crippen molar-refractivity contribution in [2.24, 2.45) is 17.1 Å². The highest BCUT2D eigenvalue weighted by atomic mass is 32.2. The summed E-state index contributed by atoms with van der Waals surface area (Å²) in [6.07, 6.45) is 9.50. The normalized spacial score (nSPS) is 21.3. The molecule has 7 N–H and O–H groups in total. The molecule has 4 rings (SSSR count). The van der Waals surface area contributed by atoms with Gasteiger partial charge in [0.2, 0.25) is 18.0 Å². The Morgan fingerprint density at radius 1 is 1.11 bits per heavy atom. The van der Waals surface area contributed by atoms with Gasteiger partial charge in [-0.15, -0.1) is 11.8 Å². The van der Waals surface area contributed by atoms with E-state index in [0.717, 1.165) is 55.2 Å². The van der Waals surface area contributed by atoms with E-state index < -0.39 is 48.0 Å². The molecular formula is C32H42N4O9S. The fourth-order valence-corrected chi connectivity index (χ4v) is 8.21. The van der Waals surface area contributed by atoms with Crippen molar-refractivity contribution in [1.29, 1.82) is 0 Å². The molecule has 2 aliphatic carbocycles. The zero-order valence-electron chi connectivity index (χ0n) is 25.8. The molecular weight excluding hydrogens is 616 g/mol. The molecule has 13 nitrogen and oxygen atoms in total. The monoisotopic (exact) mass is 658 g/mol. The number of fused-ring (bicyclic) bond motifs is 1. The van der Waals surface area contributed by atoms with Gasteiger partial charge in [0.15, 0.2) is 0 Å². The van der Waals surface area contributed by atoms with E-state index in [1.54, 1.807) is 12.4 Å². The summed E-state index contributed by atoms with van der Waals surface area (Å²) in [5.41, 5.74) is 8.46. The summed E-state index contributed by atoms with van der Waals surface area (Å²) < 4.78 is 6.06. The Hall–Kier alpha value is -3.75. The number of aliphatic hydroxyl groups is 1. The van der Waals surface area contributed by atoms with Crippen molar-refractivity contribution in [3.05, 3.63) is 53.1 Å². The lowest BCUT2D eigenvalue weighted by Gasteiger charge is -2.38. The number of nitrogens with two attached hydrogens (primary N) is 1. The summed E-state index contributed by atoms with van der Waals surface area (Å²) in [5.74, 6) is -4.78. The van der Waals surface area contributed by atoms with E-state index in [-0.39, 0.29) is 35.2 Å². The summed E-state index contributed by atoms with van der Waals surface area (Å²) >= 11 is 1.36. The molecule has 1 fully saturated rings. The minimum atomic E-state index is -2.19.